The molecule has 3 heteroatoms. The molecule has 140 valence electrons. The number of pyridine rings is 1. The largest absolute Gasteiger partial charge is 0.382 e. The number of likely N-dealkylation sites (tertiary alicyclic amines) is 1. The molecule has 0 bridgehead atoms. The predicted octanol–water partition coefficient (Wildman–Crippen LogP) is 5.46. The lowest BCUT2D eigenvalue weighted by Gasteiger charge is -2.33. The second kappa shape index (κ2) is 7.61. The normalized spacial score (nSPS) is 15.9. The van der Waals surface area contributed by atoms with E-state index in [-0.39, 0.29) is 0 Å². The number of hydrogen-bond donors (Lipinski definition) is 1. The Bertz CT molecular complexity index is 1010. The van der Waals surface area contributed by atoms with Crippen LogP contribution in [-0.2, 0) is 6.54 Å². The van der Waals surface area contributed by atoms with Crippen LogP contribution >= 0.6 is 0 Å². The molecule has 1 aliphatic heterocycles. The minimum atomic E-state index is 0.548. The van der Waals surface area contributed by atoms with Crippen LogP contribution in [0.1, 0.15) is 18.4 Å². The zero-order valence-corrected chi connectivity index (χ0v) is 16.0. The third-order valence-corrected chi connectivity index (χ3v) is 5.82. The van der Waals surface area contributed by atoms with Crippen molar-refractivity contribution in [1.29, 1.82) is 0 Å². The van der Waals surface area contributed by atoms with Crippen LogP contribution in [0.4, 0.5) is 5.69 Å². The van der Waals surface area contributed by atoms with Crippen molar-refractivity contribution in [2.75, 3.05) is 18.4 Å². The lowest BCUT2D eigenvalue weighted by molar-refractivity contribution is 0.211. The molecule has 1 saturated heterocycles. The van der Waals surface area contributed by atoms with Crippen molar-refractivity contribution in [3.05, 3.63) is 84.7 Å². The fourth-order valence-electron chi connectivity index (χ4n) is 4.24. The van der Waals surface area contributed by atoms with Gasteiger partial charge in [-0.15, -0.1) is 0 Å². The molecule has 0 amide bonds. The van der Waals surface area contributed by atoms with Crippen molar-refractivity contribution in [3.8, 4) is 0 Å². The van der Waals surface area contributed by atoms with Gasteiger partial charge in [-0.05, 0) is 58.8 Å². The Kier molecular flexibility index (Phi) is 4.67. The maximum atomic E-state index is 4.19. The highest BCUT2D eigenvalue weighted by molar-refractivity contribution is 5.85. The molecule has 0 atom stereocenters. The number of piperidine rings is 1. The molecule has 3 nitrogen and oxygen atoms in total. The van der Waals surface area contributed by atoms with Crippen LogP contribution in [0.3, 0.4) is 0 Å². The van der Waals surface area contributed by atoms with Crippen molar-refractivity contribution in [3.63, 3.8) is 0 Å². The Morgan fingerprint density at radius 2 is 1.61 bits per heavy atom. The molecule has 1 aliphatic rings. The van der Waals surface area contributed by atoms with Gasteiger partial charge in [0.05, 0.1) is 0 Å². The number of hydrogen-bond acceptors (Lipinski definition) is 3. The van der Waals surface area contributed by atoms with Crippen LogP contribution in [0.15, 0.2) is 79.1 Å². The minimum Gasteiger partial charge on any atom is -0.382 e. The zero-order valence-electron chi connectivity index (χ0n) is 16.0. The Balaban J connectivity index is 1.19. The molecular formula is C25H25N3. The monoisotopic (exact) mass is 367 g/mol. The van der Waals surface area contributed by atoms with E-state index < -0.39 is 0 Å². The number of benzene rings is 3. The van der Waals surface area contributed by atoms with E-state index in [1.54, 1.807) is 0 Å². The second-order valence-electron chi connectivity index (χ2n) is 7.81. The van der Waals surface area contributed by atoms with Gasteiger partial charge in [0.15, 0.2) is 0 Å². The van der Waals surface area contributed by atoms with Gasteiger partial charge in [-0.25, -0.2) is 0 Å². The van der Waals surface area contributed by atoms with Gasteiger partial charge in [-0.1, -0.05) is 42.5 Å². The van der Waals surface area contributed by atoms with Gasteiger partial charge in [0.2, 0.25) is 0 Å². The van der Waals surface area contributed by atoms with Crippen molar-refractivity contribution in [2.24, 2.45) is 0 Å². The lowest BCUT2D eigenvalue weighted by atomic mass is 10.0. The molecule has 0 saturated carbocycles. The summed E-state index contributed by atoms with van der Waals surface area (Å²) in [6, 6.07) is 24.6. The van der Waals surface area contributed by atoms with E-state index >= 15 is 0 Å². The van der Waals surface area contributed by atoms with Crippen LogP contribution < -0.4 is 5.32 Å². The average Bonchev–Trinajstić information content (AvgIpc) is 2.75. The van der Waals surface area contributed by atoms with Crippen molar-refractivity contribution in [1.82, 2.24) is 9.88 Å². The molecule has 0 radical (unpaired) electrons. The van der Waals surface area contributed by atoms with Crippen LogP contribution in [0.5, 0.6) is 0 Å². The zero-order chi connectivity index (χ0) is 18.8. The smallest absolute Gasteiger partial charge is 0.0348 e. The summed E-state index contributed by atoms with van der Waals surface area (Å²) in [6.07, 6.45) is 6.14. The SMILES string of the molecule is c1ccc2cc(CN3CCC(Nc4ccc5cnccc5c4)CC3)ccc2c1. The van der Waals surface area contributed by atoms with Gasteiger partial charge in [-0.2, -0.15) is 0 Å². The highest BCUT2D eigenvalue weighted by Gasteiger charge is 2.19. The first-order valence-corrected chi connectivity index (χ1v) is 10.1. The topological polar surface area (TPSA) is 28.2 Å². The Hall–Kier alpha value is -2.91. The molecule has 1 N–H and O–H groups in total. The molecule has 0 unspecified atom stereocenters. The van der Waals surface area contributed by atoms with E-state index in [4.69, 9.17) is 0 Å². The van der Waals surface area contributed by atoms with Crippen LogP contribution in [0.25, 0.3) is 21.5 Å². The molecule has 0 aliphatic carbocycles. The number of rotatable bonds is 4. The first-order valence-electron chi connectivity index (χ1n) is 10.1. The fourth-order valence-corrected chi connectivity index (χ4v) is 4.24. The standard InChI is InChI=1S/C25H25N3/c1-2-4-21-15-19(5-6-20(21)3-1)18-28-13-10-24(11-14-28)27-25-8-7-23-17-26-12-9-22(23)16-25/h1-9,12,15-17,24,27H,10-11,13-14,18H2. The fraction of sp³-hybridized carbons (Fsp3) is 0.240. The van der Waals surface area contributed by atoms with Gasteiger partial charge in [0.25, 0.3) is 0 Å². The third-order valence-electron chi connectivity index (χ3n) is 5.82. The first-order chi connectivity index (χ1) is 13.8. The Morgan fingerprint density at radius 3 is 2.50 bits per heavy atom. The summed E-state index contributed by atoms with van der Waals surface area (Å²) in [4.78, 5) is 6.77. The van der Waals surface area contributed by atoms with Crippen molar-refractivity contribution in [2.45, 2.75) is 25.4 Å². The van der Waals surface area contributed by atoms with E-state index in [1.807, 2.05) is 12.4 Å². The lowest BCUT2D eigenvalue weighted by Crippen LogP contribution is -2.38. The van der Waals surface area contributed by atoms with E-state index in [9.17, 15) is 0 Å². The van der Waals surface area contributed by atoms with Gasteiger partial charge >= 0.3 is 0 Å². The van der Waals surface area contributed by atoms with Crippen molar-refractivity contribution >= 4 is 27.2 Å². The average molecular weight is 367 g/mol. The highest BCUT2D eigenvalue weighted by Crippen LogP contribution is 2.23. The first kappa shape index (κ1) is 17.2. The van der Waals surface area contributed by atoms with Crippen LogP contribution in [-0.4, -0.2) is 29.0 Å². The van der Waals surface area contributed by atoms with Crippen LogP contribution in [0.2, 0.25) is 0 Å². The van der Waals surface area contributed by atoms with Gasteiger partial charge in [0.1, 0.15) is 0 Å². The third kappa shape index (κ3) is 3.71. The number of nitrogens with one attached hydrogen (secondary N) is 1. The summed E-state index contributed by atoms with van der Waals surface area (Å²) in [7, 11) is 0. The number of aromatic nitrogens is 1. The van der Waals surface area contributed by atoms with Gasteiger partial charge in [-0.3, -0.25) is 9.88 Å². The summed E-state index contributed by atoms with van der Waals surface area (Å²) < 4.78 is 0. The maximum absolute atomic E-state index is 4.19. The Labute approximate surface area is 166 Å². The second-order valence-corrected chi connectivity index (χ2v) is 7.81. The number of anilines is 1. The molecule has 1 fully saturated rings. The van der Waals surface area contributed by atoms with Gasteiger partial charge < -0.3 is 5.32 Å². The van der Waals surface area contributed by atoms with E-state index in [0.717, 1.165) is 19.6 Å². The van der Waals surface area contributed by atoms with E-state index in [1.165, 1.54) is 45.6 Å². The quantitative estimate of drug-likeness (QED) is 0.519. The predicted molar refractivity (Wildman–Crippen MR) is 118 cm³/mol. The molecule has 2 heterocycles. The van der Waals surface area contributed by atoms with Crippen molar-refractivity contribution < 1.29 is 0 Å². The summed E-state index contributed by atoms with van der Waals surface area (Å²) >= 11 is 0. The summed E-state index contributed by atoms with van der Waals surface area (Å²) in [6.45, 7) is 3.32. The molecule has 3 aromatic carbocycles. The summed E-state index contributed by atoms with van der Waals surface area (Å²) in [5, 5.41) is 8.83. The molecule has 5 rings (SSSR count). The number of nitrogens with zero attached hydrogens (tertiary/aromatic N) is 2. The highest BCUT2D eigenvalue weighted by atomic mass is 15.1. The maximum Gasteiger partial charge on any atom is 0.0348 e. The van der Waals surface area contributed by atoms with Crippen LogP contribution in [0, 0.1) is 0 Å². The molecule has 0 spiro atoms. The summed E-state index contributed by atoms with van der Waals surface area (Å²) in [5.74, 6) is 0. The molecule has 4 aromatic rings. The van der Waals surface area contributed by atoms with E-state index in [0.29, 0.717) is 6.04 Å². The Morgan fingerprint density at radius 1 is 0.821 bits per heavy atom. The molecule has 28 heavy (non-hydrogen) atoms. The summed E-state index contributed by atoms with van der Waals surface area (Å²) in [5.41, 5.74) is 2.62. The number of fused-ring (bicyclic) bond motifs is 2. The van der Waals surface area contributed by atoms with E-state index in [2.05, 4.69) is 81.9 Å². The molecule has 1 aromatic heterocycles. The van der Waals surface area contributed by atoms with Gasteiger partial charge in [0, 0.05) is 49.1 Å². The molecular weight excluding hydrogens is 342 g/mol. The minimum absolute atomic E-state index is 0.548.